The minimum Gasteiger partial charge on any atom is -0.394 e. The molecular weight excluding hydrogens is 346 g/mol. The molecule has 0 aromatic carbocycles. The summed E-state index contributed by atoms with van der Waals surface area (Å²) in [7, 11) is 0. The maximum atomic E-state index is 10.6. The van der Waals surface area contributed by atoms with Gasteiger partial charge < -0.3 is 50.0 Å². The van der Waals surface area contributed by atoms with Gasteiger partial charge in [0.2, 0.25) is 0 Å². The van der Waals surface area contributed by atoms with Gasteiger partial charge in [-0.2, -0.15) is 0 Å². The third-order valence-corrected chi connectivity index (χ3v) is 3.68. The molecule has 4 unspecified atom stereocenters. The molecule has 0 radical (unpaired) electrons. The Labute approximate surface area is 141 Å². The van der Waals surface area contributed by atoms with Crippen LogP contribution in [0.3, 0.4) is 0 Å². The number of carbonyl (C=O) groups excluding carboxylic acids is 1. The smallest absolute Gasteiger partial charge is 0.187 e. The molecule has 1 heterocycles. The van der Waals surface area contributed by atoms with E-state index in [1.165, 1.54) is 0 Å². The van der Waals surface area contributed by atoms with Crippen molar-refractivity contribution in [3.63, 3.8) is 0 Å². The van der Waals surface area contributed by atoms with Gasteiger partial charge in [-0.15, -0.1) is 0 Å². The van der Waals surface area contributed by atoms with Crippen LogP contribution in [0.15, 0.2) is 5.11 Å². The van der Waals surface area contributed by atoms with E-state index in [1.54, 1.807) is 0 Å². The van der Waals surface area contributed by atoms with E-state index in [-0.39, 0.29) is 6.29 Å². The molecule has 7 N–H and O–H groups in total. The van der Waals surface area contributed by atoms with Crippen molar-refractivity contribution in [2.45, 2.75) is 55.1 Å². The maximum absolute atomic E-state index is 10.6. The summed E-state index contributed by atoms with van der Waals surface area (Å²) in [6.07, 6.45) is -15.8. The Hall–Kier alpha value is -1.38. The molecular formula is C12H21N3O10. The number of aliphatic hydroxyl groups excluding tert-OH is 7. The van der Waals surface area contributed by atoms with Crippen molar-refractivity contribution in [1.29, 1.82) is 0 Å². The Bertz CT molecular complexity index is 476. The summed E-state index contributed by atoms with van der Waals surface area (Å²) in [5, 5.41) is 70.6. The summed E-state index contributed by atoms with van der Waals surface area (Å²) in [6.45, 7) is -1.35. The van der Waals surface area contributed by atoms with Gasteiger partial charge in [0.25, 0.3) is 0 Å². The van der Waals surface area contributed by atoms with Gasteiger partial charge >= 0.3 is 0 Å². The second kappa shape index (κ2) is 9.94. The minimum absolute atomic E-state index is 0.0354. The van der Waals surface area contributed by atoms with Crippen molar-refractivity contribution in [1.82, 2.24) is 0 Å². The Morgan fingerprint density at radius 3 is 2.36 bits per heavy atom. The van der Waals surface area contributed by atoms with E-state index in [0.717, 1.165) is 0 Å². The molecule has 0 bridgehead atoms. The fourth-order valence-corrected chi connectivity index (χ4v) is 2.23. The Morgan fingerprint density at radius 2 is 1.84 bits per heavy atom. The predicted octanol–water partition coefficient (Wildman–Crippen LogP) is -4.24. The van der Waals surface area contributed by atoms with Gasteiger partial charge in [-0.1, -0.05) is 5.11 Å². The normalized spacial score (nSPS) is 34.4. The Balaban J connectivity index is 2.96. The highest BCUT2D eigenvalue weighted by atomic mass is 16.7. The summed E-state index contributed by atoms with van der Waals surface area (Å²) in [6, 6.07) is 0. The number of carbonyl (C=O) groups is 1. The Morgan fingerprint density at radius 1 is 1.20 bits per heavy atom. The molecule has 0 aromatic rings. The average Bonchev–Trinajstić information content (AvgIpc) is 2.62. The highest BCUT2D eigenvalue weighted by Gasteiger charge is 2.46. The number of nitrogens with zero attached hydrogens (tertiary/aromatic N) is 3. The lowest BCUT2D eigenvalue weighted by Crippen LogP contribution is -2.61. The van der Waals surface area contributed by atoms with Gasteiger partial charge in [-0.05, 0) is 5.53 Å². The van der Waals surface area contributed by atoms with Gasteiger partial charge in [0.15, 0.2) is 12.6 Å². The van der Waals surface area contributed by atoms with E-state index >= 15 is 0 Å². The first-order chi connectivity index (χ1) is 11.8. The minimum atomic E-state index is -1.99. The second-order valence-corrected chi connectivity index (χ2v) is 5.40. The zero-order valence-corrected chi connectivity index (χ0v) is 12.9. The predicted molar refractivity (Wildman–Crippen MR) is 76.7 cm³/mol. The highest BCUT2D eigenvalue weighted by Crippen LogP contribution is 2.25. The number of azide groups is 1. The molecule has 9 atom stereocenters. The lowest BCUT2D eigenvalue weighted by Gasteiger charge is -2.42. The summed E-state index contributed by atoms with van der Waals surface area (Å²) in [5.74, 6) is 0. The average molecular weight is 367 g/mol. The standard InChI is InChI=1S/C12H21N3O10/c13-15-14-1-6-8(21)9(22)10(23)12(24-6)25-11(5(19)3-17)7(20)4(18)2-16/h2,4-12,17-23H,1,3H2/t4?,5?,6-,7?,8-,9+,10-,11?,12+/m1/s1. The molecule has 25 heavy (non-hydrogen) atoms. The molecule has 0 spiro atoms. The molecule has 1 saturated heterocycles. The van der Waals surface area contributed by atoms with Crippen LogP contribution in [0, 0.1) is 0 Å². The lowest BCUT2D eigenvalue weighted by atomic mass is 9.98. The monoisotopic (exact) mass is 367 g/mol. The van der Waals surface area contributed by atoms with Crippen molar-refractivity contribution in [3.05, 3.63) is 10.4 Å². The SMILES string of the molecule is [N-]=[N+]=NC[C@H]1O[C@@H](OC(C(O)CO)C(O)C(O)C=O)[C@H](O)[C@@H](O)[C@@H]1O. The fourth-order valence-electron chi connectivity index (χ4n) is 2.23. The van der Waals surface area contributed by atoms with Crippen molar-refractivity contribution < 1.29 is 50.0 Å². The first-order valence-corrected chi connectivity index (χ1v) is 7.24. The van der Waals surface area contributed by atoms with Crippen LogP contribution in [0.5, 0.6) is 0 Å². The number of aliphatic hydroxyl groups is 7. The zero-order chi connectivity index (χ0) is 19.1. The van der Waals surface area contributed by atoms with Gasteiger partial charge in [0, 0.05) is 4.91 Å². The number of hydrogen-bond donors (Lipinski definition) is 7. The van der Waals surface area contributed by atoms with Crippen LogP contribution in [0.25, 0.3) is 10.4 Å². The van der Waals surface area contributed by atoms with Gasteiger partial charge in [-0.3, -0.25) is 0 Å². The van der Waals surface area contributed by atoms with Crippen molar-refractivity contribution in [2.75, 3.05) is 13.2 Å². The van der Waals surface area contributed by atoms with E-state index in [9.17, 15) is 35.4 Å². The molecule has 1 aliphatic rings. The van der Waals surface area contributed by atoms with E-state index in [1.807, 2.05) is 0 Å². The third kappa shape index (κ3) is 5.29. The molecule has 0 saturated carbocycles. The highest BCUT2D eigenvalue weighted by molar-refractivity contribution is 5.56. The second-order valence-electron chi connectivity index (χ2n) is 5.40. The van der Waals surface area contributed by atoms with Crippen LogP contribution in [-0.2, 0) is 14.3 Å². The van der Waals surface area contributed by atoms with E-state index in [0.29, 0.717) is 0 Å². The van der Waals surface area contributed by atoms with E-state index < -0.39 is 68.3 Å². The first-order valence-electron chi connectivity index (χ1n) is 7.24. The summed E-state index contributed by atoms with van der Waals surface area (Å²) in [4.78, 5) is 13.0. The van der Waals surface area contributed by atoms with Crippen LogP contribution < -0.4 is 0 Å². The van der Waals surface area contributed by atoms with Crippen LogP contribution >= 0.6 is 0 Å². The molecule has 0 amide bonds. The number of aldehydes is 1. The largest absolute Gasteiger partial charge is 0.394 e. The van der Waals surface area contributed by atoms with Crippen LogP contribution in [0.2, 0.25) is 0 Å². The summed E-state index contributed by atoms with van der Waals surface area (Å²) < 4.78 is 10.3. The van der Waals surface area contributed by atoms with Crippen LogP contribution in [0.1, 0.15) is 0 Å². The van der Waals surface area contributed by atoms with E-state index in [2.05, 4.69) is 10.0 Å². The molecule has 0 aromatic heterocycles. The molecule has 1 aliphatic heterocycles. The van der Waals surface area contributed by atoms with Gasteiger partial charge in [0.1, 0.15) is 42.7 Å². The van der Waals surface area contributed by atoms with Crippen LogP contribution in [0.4, 0.5) is 0 Å². The Kier molecular flexibility index (Phi) is 8.61. The number of ether oxygens (including phenoxy) is 2. The van der Waals surface area contributed by atoms with E-state index in [4.69, 9.17) is 20.1 Å². The zero-order valence-electron chi connectivity index (χ0n) is 12.9. The molecule has 144 valence electrons. The lowest BCUT2D eigenvalue weighted by molar-refractivity contribution is -0.321. The fraction of sp³-hybridized carbons (Fsp3) is 0.917. The summed E-state index contributed by atoms with van der Waals surface area (Å²) in [5.41, 5.74) is 8.30. The molecule has 13 nitrogen and oxygen atoms in total. The van der Waals surface area contributed by atoms with Gasteiger partial charge in [0.05, 0.1) is 19.3 Å². The topological polar surface area (TPSA) is 226 Å². The van der Waals surface area contributed by atoms with Crippen molar-refractivity contribution in [3.8, 4) is 0 Å². The third-order valence-electron chi connectivity index (χ3n) is 3.68. The van der Waals surface area contributed by atoms with Crippen molar-refractivity contribution in [2.24, 2.45) is 5.11 Å². The summed E-state index contributed by atoms with van der Waals surface area (Å²) >= 11 is 0. The number of hydrogen-bond acceptors (Lipinski definition) is 11. The maximum Gasteiger partial charge on any atom is 0.187 e. The van der Waals surface area contributed by atoms with Crippen molar-refractivity contribution >= 4 is 6.29 Å². The molecule has 13 heteroatoms. The molecule has 1 fully saturated rings. The number of rotatable bonds is 9. The molecule has 0 aliphatic carbocycles. The van der Waals surface area contributed by atoms with Crippen LogP contribution in [-0.4, -0.2) is 110 Å². The quantitative estimate of drug-likeness (QED) is 0.0898. The first kappa shape index (κ1) is 21.7. The molecule has 1 rings (SSSR count). The van der Waals surface area contributed by atoms with Gasteiger partial charge in [-0.25, -0.2) is 0 Å².